The second-order valence-electron chi connectivity index (χ2n) is 4.29. The van der Waals surface area contributed by atoms with Gasteiger partial charge in [-0.25, -0.2) is 13.1 Å². The Labute approximate surface area is 104 Å². The van der Waals surface area contributed by atoms with Crippen LogP contribution in [-0.4, -0.2) is 15.0 Å². The van der Waals surface area contributed by atoms with Crippen molar-refractivity contribution in [3.05, 3.63) is 35.4 Å². The number of unbranched alkanes of at least 4 members (excludes halogenated alkanes) is 2. The van der Waals surface area contributed by atoms with Crippen LogP contribution < -0.4 is 4.72 Å². The van der Waals surface area contributed by atoms with Gasteiger partial charge in [0.2, 0.25) is 10.0 Å². The Morgan fingerprint density at radius 2 is 1.88 bits per heavy atom. The summed E-state index contributed by atoms with van der Waals surface area (Å²) in [5.41, 5.74) is 1.89. The summed E-state index contributed by atoms with van der Waals surface area (Å²) in [4.78, 5) is 0. The molecule has 0 aromatic heterocycles. The highest BCUT2D eigenvalue weighted by Crippen LogP contribution is 2.10. The number of rotatable bonds is 7. The molecule has 17 heavy (non-hydrogen) atoms. The lowest BCUT2D eigenvalue weighted by Gasteiger charge is -2.08. The van der Waals surface area contributed by atoms with Crippen molar-refractivity contribution in [2.75, 3.05) is 6.54 Å². The zero-order valence-electron chi connectivity index (χ0n) is 10.6. The van der Waals surface area contributed by atoms with Crippen molar-refractivity contribution in [1.82, 2.24) is 4.72 Å². The Hall–Kier alpha value is -0.870. The van der Waals surface area contributed by atoms with Gasteiger partial charge < -0.3 is 0 Å². The molecule has 0 bridgehead atoms. The molecule has 0 radical (unpaired) electrons. The standard InChI is InChI=1S/C13H21NO2S/c1-3-4-7-10-14-17(15,16)11-13-9-6-5-8-12(13)2/h5-6,8-9,14H,3-4,7,10-11H2,1-2H3. The van der Waals surface area contributed by atoms with Gasteiger partial charge in [-0.15, -0.1) is 0 Å². The minimum Gasteiger partial charge on any atom is -0.215 e. The van der Waals surface area contributed by atoms with E-state index in [0.717, 1.165) is 30.4 Å². The summed E-state index contributed by atoms with van der Waals surface area (Å²) < 4.78 is 26.3. The minimum absolute atomic E-state index is 0.0752. The van der Waals surface area contributed by atoms with Crippen molar-refractivity contribution < 1.29 is 8.42 Å². The second-order valence-corrected chi connectivity index (χ2v) is 6.09. The SMILES string of the molecule is CCCCCNS(=O)(=O)Cc1ccccc1C. The molecule has 0 saturated heterocycles. The van der Waals surface area contributed by atoms with Crippen molar-refractivity contribution in [3.8, 4) is 0 Å². The van der Waals surface area contributed by atoms with Crippen LogP contribution in [0.25, 0.3) is 0 Å². The van der Waals surface area contributed by atoms with E-state index >= 15 is 0 Å². The lowest BCUT2D eigenvalue weighted by atomic mass is 10.1. The maximum Gasteiger partial charge on any atom is 0.215 e. The van der Waals surface area contributed by atoms with Crippen LogP contribution in [0.3, 0.4) is 0 Å². The lowest BCUT2D eigenvalue weighted by Crippen LogP contribution is -2.26. The van der Waals surface area contributed by atoms with Crippen molar-refractivity contribution in [1.29, 1.82) is 0 Å². The molecule has 0 aliphatic heterocycles. The summed E-state index contributed by atoms with van der Waals surface area (Å²) in [5.74, 6) is 0.0752. The molecule has 0 unspecified atom stereocenters. The lowest BCUT2D eigenvalue weighted by molar-refractivity contribution is 0.575. The normalized spacial score (nSPS) is 11.6. The van der Waals surface area contributed by atoms with Crippen LogP contribution in [0.4, 0.5) is 0 Å². The fourth-order valence-corrected chi connectivity index (χ4v) is 2.92. The third kappa shape index (κ3) is 5.33. The monoisotopic (exact) mass is 255 g/mol. The molecule has 96 valence electrons. The second kappa shape index (κ2) is 6.77. The third-order valence-corrected chi connectivity index (χ3v) is 4.04. The molecular formula is C13H21NO2S. The smallest absolute Gasteiger partial charge is 0.215 e. The Morgan fingerprint density at radius 1 is 1.18 bits per heavy atom. The van der Waals surface area contributed by atoms with Crippen molar-refractivity contribution in [2.24, 2.45) is 0 Å². The average Bonchev–Trinajstić information content (AvgIpc) is 2.28. The molecular weight excluding hydrogens is 234 g/mol. The topological polar surface area (TPSA) is 46.2 Å². The van der Waals surface area contributed by atoms with Gasteiger partial charge in [-0.05, 0) is 24.5 Å². The maximum atomic E-state index is 11.8. The molecule has 0 heterocycles. The average molecular weight is 255 g/mol. The number of benzene rings is 1. The van der Waals surface area contributed by atoms with Crippen LogP contribution >= 0.6 is 0 Å². The van der Waals surface area contributed by atoms with Gasteiger partial charge in [-0.3, -0.25) is 0 Å². The van der Waals surface area contributed by atoms with Gasteiger partial charge in [0.25, 0.3) is 0 Å². The highest BCUT2D eigenvalue weighted by Gasteiger charge is 2.11. The molecule has 1 N–H and O–H groups in total. The van der Waals surface area contributed by atoms with Crippen LogP contribution in [0, 0.1) is 6.92 Å². The van der Waals surface area contributed by atoms with E-state index in [1.54, 1.807) is 0 Å². The molecule has 0 atom stereocenters. The zero-order valence-corrected chi connectivity index (χ0v) is 11.4. The molecule has 1 rings (SSSR count). The molecule has 0 aliphatic rings. The molecule has 0 fully saturated rings. The van der Waals surface area contributed by atoms with Gasteiger partial charge in [0, 0.05) is 6.54 Å². The summed E-state index contributed by atoms with van der Waals surface area (Å²) in [5, 5.41) is 0. The Bertz CT molecular complexity index is 440. The van der Waals surface area contributed by atoms with E-state index in [1.807, 2.05) is 31.2 Å². The van der Waals surface area contributed by atoms with E-state index in [1.165, 1.54) is 0 Å². The Balaban J connectivity index is 2.52. The van der Waals surface area contributed by atoms with Crippen molar-refractivity contribution in [2.45, 2.75) is 38.9 Å². The van der Waals surface area contributed by atoms with Crippen LogP contribution in [0.1, 0.15) is 37.3 Å². The number of aryl methyl sites for hydroxylation is 1. The summed E-state index contributed by atoms with van der Waals surface area (Å²) in [6.07, 6.45) is 3.07. The van der Waals surface area contributed by atoms with Gasteiger partial charge in [0.1, 0.15) is 0 Å². The summed E-state index contributed by atoms with van der Waals surface area (Å²) >= 11 is 0. The van der Waals surface area contributed by atoms with Gasteiger partial charge in [0.15, 0.2) is 0 Å². The third-order valence-electron chi connectivity index (χ3n) is 2.71. The number of sulfonamides is 1. The van der Waals surface area contributed by atoms with E-state index in [4.69, 9.17) is 0 Å². The predicted molar refractivity (Wildman–Crippen MR) is 71.3 cm³/mol. The maximum absolute atomic E-state index is 11.8. The first-order valence-electron chi connectivity index (χ1n) is 6.07. The summed E-state index contributed by atoms with van der Waals surface area (Å²) in [7, 11) is -3.19. The van der Waals surface area contributed by atoms with Gasteiger partial charge in [-0.1, -0.05) is 44.0 Å². The van der Waals surface area contributed by atoms with E-state index in [2.05, 4.69) is 11.6 Å². The number of hydrogen-bond acceptors (Lipinski definition) is 2. The quantitative estimate of drug-likeness (QED) is 0.761. The molecule has 0 aliphatic carbocycles. The first-order valence-corrected chi connectivity index (χ1v) is 7.72. The van der Waals surface area contributed by atoms with Gasteiger partial charge >= 0.3 is 0 Å². The molecule has 3 nitrogen and oxygen atoms in total. The number of hydrogen-bond donors (Lipinski definition) is 1. The number of nitrogens with one attached hydrogen (secondary N) is 1. The van der Waals surface area contributed by atoms with E-state index in [-0.39, 0.29) is 5.75 Å². The van der Waals surface area contributed by atoms with E-state index in [9.17, 15) is 8.42 Å². The van der Waals surface area contributed by atoms with E-state index < -0.39 is 10.0 Å². The molecule has 0 saturated carbocycles. The summed E-state index contributed by atoms with van der Waals surface area (Å²) in [6.45, 7) is 4.58. The molecule has 1 aromatic rings. The Kier molecular flexibility index (Phi) is 5.65. The van der Waals surface area contributed by atoms with E-state index in [0.29, 0.717) is 6.54 Å². The van der Waals surface area contributed by atoms with Crippen LogP contribution in [0.2, 0.25) is 0 Å². The first-order chi connectivity index (χ1) is 8.05. The van der Waals surface area contributed by atoms with Crippen LogP contribution in [0.5, 0.6) is 0 Å². The van der Waals surface area contributed by atoms with Crippen LogP contribution in [0.15, 0.2) is 24.3 Å². The highest BCUT2D eigenvalue weighted by molar-refractivity contribution is 7.88. The molecule has 1 aromatic carbocycles. The van der Waals surface area contributed by atoms with Crippen molar-refractivity contribution >= 4 is 10.0 Å². The highest BCUT2D eigenvalue weighted by atomic mass is 32.2. The fourth-order valence-electron chi connectivity index (χ4n) is 1.63. The van der Waals surface area contributed by atoms with Crippen LogP contribution in [-0.2, 0) is 15.8 Å². The Morgan fingerprint density at radius 3 is 2.53 bits per heavy atom. The predicted octanol–water partition coefficient (Wildman–Crippen LogP) is 2.60. The fraction of sp³-hybridized carbons (Fsp3) is 0.538. The molecule has 0 amide bonds. The first kappa shape index (κ1) is 14.2. The zero-order chi connectivity index (χ0) is 12.7. The molecule has 4 heteroatoms. The van der Waals surface area contributed by atoms with Gasteiger partial charge in [-0.2, -0.15) is 0 Å². The minimum atomic E-state index is -3.19. The van der Waals surface area contributed by atoms with Gasteiger partial charge in [0.05, 0.1) is 5.75 Å². The largest absolute Gasteiger partial charge is 0.215 e. The molecule has 0 spiro atoms. The summed E-state index contributed by atoms with van der Waals surface area (Å²) in [6, 6.07) is 7.58. The van der Waals surface area contributed by atoms with Crippen molar-refractivity contribution in [3.63, 3.8) is 0 Å².